The predicted octanol–water partition coefficient (Wildman–Crippen LogP) is 0.254. The van der Waals surface area contributed by atoms with Crippen molar-refractivity contribution in [2.24, 2.45) is 0 Å². The van der Waals surface area contributed by atoms with Crippen LogP contribution < -0.4 is 0 Å². The Morgan fingerprint density at radius 1 is 1.80 bits per heavy atom. The molecule has 1 saturated heterocycles. The number of hydrogen-bond acceptors (Lipinski definition) is 3. The molecule has 1 fully saturated rings. The fourth-order valence-electron chi connectivity index (χ4n) is 1.37. The Morgan fingerprint density at radius 2 is 2.60 bits per heavy atom. The lowest BCUT2D eigenvalue weighted by molar-refractivity contribution is -0.111. The predicted molar refractivity (Wildman–Crippen MR) is 37.7 cm³/mol. The maximum Gasteiger partial charge on any atom is 0.134 e. The standard InChI is InChI=1S/C7H13NO2/c1-10-7-3-2-4-8(7)5-6-9/h6-7H,2-5H2,1H3. The Kier molecular flexibility index (Phi) is 2.83. The van der Waals surface area contributed by atoms with E-state index in [1.807, 2.05) is 4.90 Å². The third kappa shape index (κ3) is 1.55. The molecule has 3 heteroatoms. The highest BCUT2D eigenvalue weighted by atomic mass is 16.5. The van der Waals surface area contributed by atoms with Crippen molar-refractivity contribution in [1.29, 1.82) is 0 Å². The summed E-state index contributed by atoms with van der Waals surface area (Å²) in [6, 6.07) is 0. The first-order valence-corrected chi connectivity index (χ1v) is 3.59. The second-order valence-corrected chi connectivity index (χ2v) is 2.49. The van der Waals surface area contributed by atoms with Gasteiger partial charge in [-0.05, 0) is 12.8 Å². The van der Waals surface area contributed by atoms with Crippen molar-refractivity contribution >= 4 is 6.29 Å². The first kappa shape index (κ1) is 7.69. The van der Waals surface area contributed by atoms with Crippen LogP contribution in [0.4, 0.5) is 0 Å². The number of ether oxygens (including phenoxy) is 1. The van der Waals surface area contributed by atoms with Gasteiger partial charge in [-0.25, -0.2) is 0 Å². The lowest BCUT2D eigenvalue weighted by atomic mass is 10.4. The van der Waals surface area contributed by atoms with Crippen molar-refractivity contribution in [2.75, 3.05) is 20.2 Å². The quantitative estimate of drug-likeness (QED) is 0.530. The van der Waals surface area contributed by atoms with E-state index in [2.05, 4.69) is 0 Å². The summed E-state index contributed by atoms with van der Waals surface area (Å²) in [4.78, 5) is 12.2. The molecule has 1 heterocycles. The summed E-state index contributed by atoms with van der Waals surface area (Å²) in [6.07, 6.45) is 3.32. The molecule has 0 spiro atoms. The lowest BCUT2D eigenvalue weighted by Gasteiger charge is -2.19. The Morgan fingerprint density at radius 3 is 3.20 bits per heavy atom. The van der Waals surface area contributed by atoms with E-state index >= 15 is 0 Å². The van der Waals surface area contributed by atoms with Crippen LogP contribution in [0.15, 0.2) is 0 Å². The Balaban J connectivity index is 2.34. The summed E-state index contributed by atoms with van der Waals surface area (Å²) in [7, 11) is 1.69. The van der Waals surface area contributed by atoms with Crippen molar-refractivity contribution in [1.82, 2.24) is 4.90 Å². The number of aldehydes is 1. The van der Waals surface area contributed by atoms with E-state index in [1.54, 1.807) is 7.11 Å². The van der Waals surface area contributed by atoms with Gasteiger partial charge >= 0.3 is 0 Å². The van der Waals surface area contributed by atoms with Crippen molar-refractivity contribution in [3.63, 3.8) is 0 Å². The fraction of sp³-hybridized carbons (Fsp3) is 0.857. The molecule has 0 aromatic carbocycles. The monoisotopic (exact) mass is 143 g/mol. The molecule has 0 bridgehead atoms. The minimum Gasteiger partial charge on any atom is -0.366 e. The molecule has 1 atom stereocenters. The molecule has 1 aliphatic rings. The van der Waals surface area contributed by atoms with Gasteiger partial charge in [0, 0.05) is 13.7 Å². The van der Waals surface area contributed by atoms with Crippen molar-refractivity contribution in [3.05, 3.63) is 0 Å². The van der Waals surface area contributed by atoms with Crippen molar-refractivity contribution in [2.45, 2.75) is 19.1 Å². The number of carbonyl (C=O) groups excluding carboxylic acids is 1. The third-order valence-corrected chi connectivity index (χ3v) is 1.88. The highest BCUT2D eigenvalue weighted by Gasteiger charge is 2.22. The first-order chi connectivity index (χ1) is 4.88. The average Bonchev–Trinajstić information content (AvgIpc) is 2.36. The Labute approximate surface area is 61.0 Å². The van der Waals surface area contributed by atoms with E-state index < -0.39 is 0 Å². The zero-order valence-electron chi connectivity index (χ0n) is 6.25. The summed E-state index contributed by atoms with van der Waals surface area (Å²) in [5.41, 5.74) is 0. The molecule has 0 N–H and O–H groups in total. The molecular formula is C7H13NO2. The van der Waals surface area contributed by atoms with Crippen LogP contribution >= 0.6 is 0 Å². The molecule has 0 aliphatic carbocycles. The summed E-state index contributed by atoms with van der Waals surface area (Å²) in [6.45, 7) is 1.51. The first-order valence-electron chi connectivity index (χ1n) is 3.59. The van der Waals surface area contributed by atoms with Crippen LogP contribution in [-0.2, 0) is 9.53 Å². The summed E-state index contributed by atoms with van der Waals surface area (Å²) >= 11 is 0. The van der Waals surface area contributed by atoms with Crippen LogP contribution in [0.3, 0.4) is 0 Å². The lowest BCUT2D eigenvalue weighted by Crippen LogP contribution is -2.32. The number of likely N-dealkylation sites (tertiary alicyclic amines) is 1. The zero-order chi connectivity index (χ0) is 7.40. The summed E-state index contributed by atoms with van der Waals surface area (Å²) < 4.78 is 5.14. The van der Waals surface area contributed by atoms with Gasteiger partial charge in [0.2, 0.25) is 0 Å². The van der Waals surface area contributed by atoms with Crippen LogP contribution in [-0.4, -0.2) is 37.6 Å². The minimum atomic E-state index is 0.185. The number of nitrogens with zero attached hydrogens (tertiary/aromatic N) is 1. The number of methoxy groups -OCH3 is 1. The van der Waals surface area contributed by atoms with Gasteiger partial charge in [-0.1, -0.05) is 0 Å². The molecule has 0 saturated carbocycles. The van der Waals surface area contributed by atoms with Gasteiger partial charge in [-0.15, -0.1) is 0 Å². The zero-order valence-corrected chi connectivity index (χ0v) is 6.25. The average molecular weight is 143 g/mol. The topological polar surface area (TPSA) is 29.5 Å². The summed E-state index contributed by atoms with van der Waals surface area (Å²) in [5, 5.41) is 0. The third-order valence-electron chi connectivity index (χ3n) is 1.88. The van der Waals surface area contributed by atoms with E-state index in [0.717, 1.165) is 25.7 Å². The van der Waals surface area contributed by atoms with Gasteiger partial charge in [0.25, 0.3) is 0 Å². The second-order valence-electron chi connectivity index (χ2n) is 2.49. The van der Waals surface area contributed by atoms with Gasteiger partial charge in [0.1, 0.15) is 12.5 Å². The van der Waals surface area contributed by atoms with Crippen molar-refractivity contribution < 1.29 is 9.53 Å². The van der Waals surface area contributed by atoms with Gasteiger partial charge in [0.05, 0.1) is 6.54 Å². The van der Waals surface area contributed by atoms with E-state index in [-0.39, 0.29) is 6.23 Å². The van der Waals surface area contributed by atoms with E-state index in [9.17, 15) is 4.79 Å². The molecule has 0 aromatic heterocycles. The molecule has 10 heavy (non-hydrogen) atoms. The molecule has 0 radical (unpaired) electrons. The highest BCUT2D eigenvalue weighted by molar-refractivity contribution is 5.52. The molecule has 1 unspecified atom stereocenters. The van der Waals surface area contributed by atoms with Gasteiger partial charge in [-0.3, -0.25) is 4.90 Å². The Hall–Kier alpha value is -0.410. The molecular weight excluding hydrogens is 130 g/mol. The van der Waals surface area contributed by atoms with E-state index in [0.29, 0.717) is 6.54 Å². The van der Waals surface area contributed by atoms with Crippen LogP contribution in [0, 0.1) is 0 Å². The van der Waals surface area contributed by atoms with Crippen molar-refractivity contribution in [3.8, 4) is 0 Å². The fourth-order valence-corrected chi connectivity index (χ4v) is 1.37. The van der Waals surface area contributed by atoms with Gasteiger partial charge in [-0.2, -0.15) is 0 Å². The van der Waals surface area contributed by atoms with Crippen LogP contribution in [0.25, 0.3) is 0 Å². The van der Waals surface area contributed by atoms with E-state index in [1.165, 1.54) is 0 Å². The normalized spacial score (nSPS) is 27.1. The highest BCUT2D eigenvalue weighted by Crippen LogP contribution is 2.15. The van der Waals surface area contributed by atoms with Crippen LogP contribution in [0.5, 0.6) is 0 Å². The van der Waals surface area contributed by atoms with Gasteiger partial charge < -0.3 is 9.53 Å². The minimum absolute atomic E-state index is 0.185. The maximum atomic E-state index is 10.1. The van der Waals surface area contributed by atoms with Crippen LogP contribution in [0.2, 0.25) is 0 Å². The smallest absolute Gasteiger partial charge is 0.134 e. The number of hydrogen-bond donors (Lipinski definition) is 0. The van der Waals surface area contributed by atoms with Crippen LogP contribution in [0.1, 0.15) is 12.8 Å². The molecule has 3 nitrogen and oxygen atoms in total. The Bertz CT molecular complexity index is 116. The molecule has 1 aliphatic heterocycles. The molecule has 0 aromatic rings. The van der Waals surface area contributed by atoms with E-state index in [4.69, 9.17) is 4.74 Å². The molecule has 58 valence electrons. The molecule has 0 amide bonds. The molecule has 1 rings (SSSR count). The SMILES string of the molecule is COC1CCCN1CC=O. The second kappa shape index (κ2) is 3.68. The number of carbonyl (C=O) groups is 1. The summed E-state index contributed by atoms with van der Waals surface area (Å²) in [5.74, 6) is 0. The maximum absolute atomic E-state index is 10.1. The number of rotatable bonds is 3. The van der Waals surface area contributed by atoms with Gasteiger partial charge in [0.15, 0.2) is 0 Å². The largest absolute Gasteiger partial charge is 0.366 e.